The highest BCUT2D eigenvalue weighted by Gasteiger charge is 2.30. The Labute approximate surface area is 108 Å². The molecule has 0 atom stereocenters. The monoisotopic (exact) mass is 357 g/mol. The van der Waals surface area contributed by atoms with Gasteiger partial charge < -0.3 is 5.73 Å². The number of nitrogens with two attached hydrogens (primary N) is 1. The number of primary amides is 1. The number of rotatable bonds is 2. The molecule has 0 aliphatic carbocycles. The van der Waals surface area contributed by atoms with Gasteiger partial charge in [0, 0.05) is 3.57 Å². The first-order chi connectivity index (χ1) is 7.79. The third-order valence-corrected chi connectivity index (χ3v) is 2.26. The molecule has 0 bridgehead atoms. The molecule has 0 fully saturated rings. The predicted octanol–water partition coefficient (Wildman–Crippen LogP) is 2.31. The Balaban J connectivity index is 2.98. The van der Waals surface area contributed by atoms with Gasteiger partial charge in [0.2, 0.25) is 0 Å². The Hall–Kier alpha value is -1.32. The lowest BCUT2D eigenvalue weighted by molar-refractivity contribution is -0.137. The summed E-state index contributed by atoms with van der Waals surface area (Å²) in [7, 11) is 0. The normalized spacial score (nSPS) is 11.8. The Morgan fingerprint density at radius 3 is 2.59 bits per heavy atom. The third kappa shape index (κ3) is 4.59. The van der Waals surface area contributed by atoms with Crippen molar-refractivity contribution in [2.75, 3.05) is 0 Å². The van der Waals surface area contributed by atoms with Gasteiger partial charge in [-0.2, -0.15) is 18.3 Å². The van der Waals surface area contributed by atoms with Crippen molar-refractivity contribution >= 4 is 34.8 Å². The van der Waals surface area contributed by atoms with Crippen molar-refractivity contribution in [3.63, 3.8) is 0 Å². The summed E-state index contributed by atoms with van der Waals surface area (Å²) in [5, 5.41) is 3.39. The number of nitrogens with zero attached hydrogens (tertiary/aromatic N) is 1. The molecule has 0 spiro atoms. The first-order valence-electron chi connectivity index (χ1n) is 4.25. The third-order valence-electron chi connectivity index (χ3n) is 1.64. The molecule has 92 valence electrons. The van der Waals surface area contributed by atoms with Crippen LogP contribution < -0.4 is 11.2 Å². The number of hydrazone groups is 1. The van der Waals surface area contributed by atoms with Gasteiger partial charge in [-0.25, -0.2) is 10.2 Å². The molecule has 0 unspecified atom stereocenters. The van der Waals surface area contributed by atoms with Crippen molar-refractivity contribution in [3.8, 4) is 0 Å². The van der Waals surface area contributed by atoms with E-state index < -0.39 is 17.8 Å². The molecule has 0 aliphatic heterocycles. The molecular formula is C9H7F3IN3O. The summed E-state index contributed by atoms with van der Waals surface area (Å²) in [6, 6.07) is 2.54. The van der Waals surface area contributed by atoms with Gasteiger partial charge in [0.25, 0.3) is 0 Å². The van der Waals surface area contributed by atoms with Gasteiger partial charge in [-0.3, -0.25) is 0 Å². The van der Waals surface area contributed by atoms with Crippen molar-refractivity contribution in [1.82, 2.24) is 5.43 Å². The predicted molar refractivity (Wildman–Crippen MR) is 64.5 cm³/mol. The highest BCUT2D eigenvalue weighted by Crippen LogP contribution is 2.30. The van der Waals surface area contributed by atoms with Crippen molar-refractivity contribution in [2.45, 2.75) is 6.18 Å². The van der Waals surface area contributed by atoms with Gasteiger partial charge >= 0.3 is 12.2 Å². The second-order valence-electron chi connectivity index (χ2n) is 3.01. The summed E-state index contributed by atoms with van der Waals surface area (Å²) in [5.41, 5.74) is 6.08. The number of halogens is 4. The van der Waals surface area contributed by atoms with E-state index in [2.05, 4.69) is 5.10 Å². The molecule has 4 nitrogen and oxygen atoms in total. The van der Waals surface area contributed by atoms with Gasteiger partial charge in [-0.1, -0.05) is 0 Å². The fourth-order valence-corrected chi connectivity index (χ4v) is 1.72. The van der Waals surface area contributed by atoms with Crippen LogP contribution in [0.15, 0.2) is 23.3 Å². The lowest BCUT2D eigenvalue weighted by Gasteiger charge is -2.07. The minimum absolute atomic E-state index is 0.220. The highest BCUT2D eigenvalue weighted by molar-refractivity contribution is 14.1. The van der Waals surface area contributed by atoms with Crippen molar-refractivity contribution in [3.05, 3.63) is 32.9 Å². The quantitative estimate of drug-likeness (QED) is 0.476. The largest absolute Gasteiger partial charge is 0.416 e. The molecule has 0 saturated heterocycles. The SMILES string of the molecule is NC(=O)NN=Cc1cc(I)cc(C(F)(F)F)c1. The van der Waals surface area contributed by atoms with Crippen LogP contribution in [0.5, 0.6) is 0 Å². The molecular weight excluding hydrogens is 350 g/mol. The van der Waals surface area contributed by atoms with Crippen LogP contribution in [0.25, 0.3) is 0 Å². The van der Waals surface area contributed by atoms with Crippen LogP contribution in [0.2, 0.25) is 0 Å². The topological polar surface area (TPSA) is 67.5 Å². The van der Waals surface area contributed by atoms with E-state index in [0.717, 1.165) is 18.3 Å². The van der Waals surface area contributed by atoms with E-state index in [-0.39, 0.29) is 5.56 Å². The van der Waals surface area contributed by atoms with Gasteiger partial charge in [-0.05, 0) is 46.4 Å². The van der Waals surface area contributed by atoms with Gasteiger partial charge in [0.15, 0.2) is 0 Å². The van der Waals surface area contributed by atoms with E-state index in [4.69, 9.17) is 5.73 Å². The maximum atomic E-state index is 12.5. The summed E-state index contributed by atoms with van der Waals surface area (Å²) in [4.78, 5) is 10.3. The zero-order valence-electron chi connectivity index (χ0n) is 8.25. The van der Waals surface area contributed by atoms with E-state index in [9.17, 15) is 18.0 Å². The lowest BCUT2D eigenvalue weighted by Crippen LogP contribution is -2.24. The minimum Gasteiger partial charge on any atom is -0.350 e. The zero-order chi connectivity index (χ0) is 13.1. The number of carbonyl (C=O) groups excluding carboxylic acids is 1. The summed E-state index contributed by atoms with van der Waals surface area (Å²) in [6.07, 6.45) is -3.33. The van der Waals surface area contributed by atoms with Gasteiger partial charge in [-0.15, -0.1) is 0 Å². The first kappa shape index (κ1) is 13.7. The van der Waals surface area contributed by atoms with E-state index in [1.165, 1.54) is 6.07 Å². The highest BCUT2D eigenvalue weighted by atomic mass is 127. The second-order valence-corrected chi connectivity index (χ2v) is 4.25. The maximum absolute atomic E-state index is 12.5. The van der Waals surface area contributed by atoms with E-state index in [1.54, 1.807) is 22.6 Å². The maximum Gasteiger partial charge on any atom is 0.416 e. The van der Waals surface area contributed by atoms with Gasteiger partial charge in [0.1, 0.15) is 0 Å². The zero-order valence-corrected chi connectivity index (χ0v) is 10.4. The van der Waals surface area contributed by atoms with E-state index >= 15 is 0 Å². The number of alkyl halides is 3. The molecule has 0 aromatic heterocycles. The second kappa shape index (κ2) is 5.34. The van der Waals surface area contributed by atoms with Crippen LogP contribution in [0.1, 0.15) is 11.1 Å². The Morgan fingerprint density at radius 1 is 1.41 bits per heavy atom. The molecule has 3 N–H and O–H groups in total. The van der Waals surface area contributed by atoms with Gasteiger partial charge in [0.05, 0.1) is 11.8 Å². The van der Waals surface area contributed by atoms with Crippen LogP contribution in [-0.2, 0) is 6.18 Å². The average molecular weight is 357 g/mol. The summed E-state index contributed by atoms with van der Waals surface area (Å²) in [6.45, 7) is 0. The molecule has 2 amide bonds. The summed E-state index contributed by atoms with van der Waals surface area (Å²) >= 11 is 1.76. The minimum atomic E-state index is -4.42. The smallest absolute Gasteiger partial charge is 0.350 e. The lowest BCUT2D eigenvalue weighted by atomic mass is 10.1. The molecule has 0 radical (unpaired) electrons. The number of amides is 2. The molecule has 0 aliphatic rings. The summed E-state index contributed by atoms with van der Waals surface area (Å²) in [5.74, 6) is 0. The molecule has 0 heterocycles. The standard InChI is InChI=1S/C9H7F3IN3O/c10-9(11,12)6-1-5(2-7(13)3-6)4-15-16-8(14)17/h1-4H,(H3,14,16,17). The van der Waals surface area contributed by atoms with Crippen molar-refractivity contribution in [2.24, 2.45) is 10.8 Å². The molecule has 1 aromatic carbocycles. The number of benzene rings is 1. The molecule has 1 rings (SSSR count). The number of urea groups is 1. The van der Waals surface area contributed by atoms with E-state index in [0.29, 0.717) is 3.57 Å². The number of carbonyl (C=O) groups is 1. The summed E-state index contributed by atoms with van der Waals surface area (Å²) < 4.78 is 37.8. The first-order valence-corrected chi connectivity index (χ1v) is 5.33. The number of hydrogen-bond acceptors (Lipinski definition) is 2. The average Bonchev–Trinajstić information content (AvgIpc) is 2.14. The molecule has 1 aromatic rings. The number of hydrogen-bond donors (Lipinski definition) is 2. The van der Waals surface area contributed by atoms with Crippen molar-refractivity contribution < 1.29 is 18.0 Å². The van der Waals surface area contributed by atoms with Crippen LogP contribution in [0.4, 0.5) is 18.0 Å². The fraction of sp³-hybridized carbons (Fsp3) is 0.111. The van der Waals surface area contributed by atoms with Crippen LogP contribution in [-0.4, -0.2) is 12.2 Å². The Kier molecular flexibility index (Phi) is 4.32. The van der Waals surface area contributed by atoms with Crippen molar-refractivity contribution in [1.29, 1.82) is 0 Å². The van der Waals surface area contributed by atoms with Crippen LogP contribution in [0.3, 0.4) is 0 Å². The number of nitrogens with one attached hydrogen (secondary N) is 1. The Morgan fingerprint density at radius 2 is 2.06 bits per heavy atom. The van der Waals surface area contributed by atoms with E-state index in [1.807, 2.05) is 5.43 Å². The Bertz CT molecular complexity index is 459. The fourth-order valence-electron chi connectivity index (χ4n) is 1.02. The molecule has 8 heteroatoms. The molecule has 17 heavy (non-hydrogen) atoms. The van der Waals surface area contributed by atoms with Crippen LogP contribution in [0, 0.1) is 3.57 Å². The van der Waals surface area contributed by atoms with Crippen LogP contribution >= 0.6 is 22.6 Å². The molecule has 0 saturated carbocycles.